The molecule has 1 aromatic carbocycles. The van der Waals surface area contributed by atoms with Gasteiger partial charge in [-0.1, -0.05) is 16.4 Å². The highest BCUT2D eigenvalue weighted by molar-refractivity contribution is 5.94. The monoisotopic (exact) mass is 281 g/mol. The van der Waals surface area contributed by atoms with Gasteiger partial charge in [-0.3, -0.25) is 4.79 Å². The van der Waals surface area contributed by atoms with Crippen molar-refractivity contribution < 1.29 is 18.2 Å². The van der Waals surface area contributed by atoms with Crippen molar-refractivity contribution in [2.24, 2.45) is 0 Å². The quantitative estimate of drug-likeness (QED) is 0.863. The molecular weight excluding hydrogens is 268 g/mol. The second kappa shape index (κ2) is 5.77. The van der Waals surface area contributed by atoms with Crippen molar-refractivity contribution in [1.29, 1.82) is 0 Å². The second-order valence-corrected chi connectivity index (χ2v) is 4.22. The summed E-state index contributed by atoms with van der Waals surface area (Å²) < 4.78 is 31.3. The Bertz CT molecular complexity index is 628. The summed E-state index contributed by atoms with van der Waals surface area (Å²) >= 11 is 0. The van der Waals surface area contributed by atoms with Gasteiger partial charge in [0.05, 0.1) is 12.1 Å². The molecule has 0 aliphatic heterocycles. The van der Waals surface area contributed by atoms with Crippen molar-refractivity contribution in [2.45, 2.75) is 20.4 Å². The van der Waals surface area contributed by atoms with Crippen LogP contribution in [0.1, 0.15) is 28.7 Å². The standard InChI is InChI=1S/C13H13F2N3O2/c1-3-18(7-11-8(2)16-20-17-11)13(19)9-5-4-6-10(14)12(9)15/h4-6H,3,7H2,1-2H3. The molecule has 2 rings (SSSR count). The number of carbonyl (C=O) groups is 1. The average molecular weight is 281 g/mol. The molecule has 0 N–H and O–H groups in total. The molecule has 0 saturated carbocycles. The molecule has 0 spiro atoms. The number of hydrogen-bond acceptors (Lipinski definition) is 4. The molecule has 1 aromatic heterocycles. The fourth-order valence-corrected chi connectivity index (χ4v) is 1.74. The fraction of sp³-hybridized carbons (Fsp3) is 0.308. The fourth-order valence-electron chi connectivity index (χ4n) is 1.74. The number of nitrogens with zero attached hydrogens (tertiary/aromatic N) is 3. The van der Waals surface area contributed by atoms with Gasteiger partial charge in [0.2, 0.25) is 0 Å². The maximum absolute atomic E-state index is 13.6. The van der Waals surface area contributed by atoms with Crippen LogP contribution < -0.4 is 0 Å². The van der Waals surface area contributed by atoms with Gasteiger partial charge in [0.25, 0.3) is 5.91 Å². The first-order valence-corrected chi connectivity index (χ1v) is 6.06. The molecule has 0 aliphatic carbocycles. The summed E-state index contributed by atoms with van der Waals surface area (Å²) in [7, 11) is 0. The Morgan fingerprint density at radius 1 is 1.35 bits per heavy atom. The van der Waals surface area contributed by atoms with Crippen LogP contribution in [-0.4, -0.2) is 27.7 Å². The predicted molar refractivity (Wildman–Crippen MR) is 65.8 cm³/mol. The van der Waals surface area contributed by atoms with Gasteiger partial charge in [-0.2, -0.15) is 0 Å². The zero-order chi connectivity index (χ0) is 14.7. The number of aryl methyl sites for hydroxylation is 1. The normalized spacial score (nSPS) is 10.6. The second-order valence-electron chi connectivity index (χ2n) is 4.22. The third-order valence-corrected chi connectivity index (χ3v) is 2.94. The summed E-state index contributed by atoms with van der Waals surface area (Å²) in [5.41, 5.74) is 0.730. The van der Waals surface area contributed by atoms with E-state index < -0.39 is 17.5 Å². The lowest BCUT2D eigenvalue weighted by molar-refractivity contribution is 0.0743. The third-order valence-electron chi connectivity index (χ3n) is 2.94. The summed E-state index contributed by atoms with van der Waals surface area (Å²) in [6.07, 6.45) is 0. The molecule has 20 heavy (non-hydrogen) atoms. The van der Waals surface area contributed by atoms with Gasteiger partial charge in [0, 0.05) is 6.54 Å². The maximum atomic E-state index is 13.6. The molecule has 0 atom stereocenters. The van der Waals surface area contributed by atoms with E-state index in [-0.39, 0.29) is 12.1 Å². The van der Waals surface area contributed by atoms with Gasteiger partial charge in [0.1, 0.15) is 11.4 Å². The smallest absolute Gasteiger partial charge is 0.257 e. The van der Waals surface area contributed by atoms with Gasteiger partial charge < -0.3 is 4.90 Å². The van der Waals surface area contributed by atoms with Gasteiger partial charge >= 0.3 is 0 Å². The summed E-state index contributed by atoms with van der Waals surface area (Å²) in [5, 5.41) is 7.28. The minimum absolute atomic E-state index is 0.126. The summed E-state index contributed by atoms with van der Waals surface area (Å²) in [5.74, 6) is -2.80. The van der Waals surface area contributed by atoms with Crippen molar-refractivity contribution in [2.75, 3.05) is 6.54 Å². The summed E-state index contributed by atoms with van der Waals surface area (Å²) in [6, 6.07) is 3.51. The molecule has 0 fully saturated rings. The molecule has 0 radical (unpaired) electrons. The Labute approximate surface area is 114 Å². The van der Waals surface area contributed by atoms with E-state index in [1.165, 1.54) is 17.0 Å². The molecule has 1 amide bonds. The number of hydrogen-bond donors (Lipinski definition) is 0. The van der Waals surface area contributed by atoms with E-state index in [2.05, 4.69) is 14.9 Å². The zero-order valence-corrected chi connectivity index (χ0v) is 11.1. The van der Waals surface area contributed by atoms with Crippen molar-refractivity contribution in [1.82, 2.24) is 15.2 Å². The van der Waals surface area contributed by atoms with Crippen molar-refractivity contribution in [3.63, 3.8) is 0 Å². The Hall–Kier alpha value is -2.31. The maximum Gasteiger partial charge on any atom is 0.257 e. The van der Waals surface area contributed by atoms with Crippen LogP contribution in [0.4, 0.5) is 8.78 Å². The van der Waals surface area contributed by atoms with E-state index in [9.17, 15) is 13.6 Å². The third kappa shape index (κ3) is 2.66. The van der Waals surface area contributed by atoms with Crippen LogP contribution in [0.25, 0.3) is 0 Å². The molecule has 7 heteroatoms. The zero-order valence-electron chi connectivity index (χ0n) is 11.1. The van der Waals surface area contributed by atoms with Gasteiger partial charge in [-0.05, 0) is 26.0 Å². The average Bonchev–Trinajstić information content (AvgIpc) is 2.84. The predicted octanol–water partition coefficient (Wildman–Crippen LogP) is 2.32. The van der Waals surface area contributed by atoms with E-state index in [4.69, 9.17) is 0 Å². The molecule has 0 saturated heterocycles. The van der Waals surface area contributed by atoms with Crippen LogP contribution in [-0.2, 0) is 6.54 Å². The molecule has 2 aromatic rings. The number of amides is 1. The first-order chi connectivity index (χ1) is 9.54. The minimum Gasteiger partial charge on any atom is -0.333 e. The highest BCUT2D eigenvalue weighted by Gasteiger charge is 2.22. The van der Waals surface area contributed by atoms with E-state index in [1.807, 2.05) is 0 Å². The lowest BCUT2D eigenvalue weighted by Crippen LogP contribution is -2.31. The van der Waals surface area contributed by atoms with E-state index >= 15 is 0 Å². The molecule has 1 heterocycles. The van der Waals surface area contributed by atoms with Crippen LogP contribution in [0.15, 0.2) is 22.8 Å². The largest absolute Gasteiger partial charge is 0.333 e. The molecule has 0 aliphatic rings. The van der Waals surface area contributed by atoms with E-state index in [0.29, 0.717) is 17.9 Å². The Morgan fingerprint density at radius 2 is 2.10 bits per heavy atom. The highest BCUT2D eigenvalue weighted by Crippen LogP contribution is 2.15. The van der Waals surface area contributed by atoms with Crippen molar-refractivity contribution in [3.05, 3.63) is 46.8 Å². The molecule has 0 unspecified atom stereocenters. The van der Waals surface area contributed by atoms with Gasteiger partial charge in [0.15, 0.2) is 11.6 Å². The van der Waals surface area contributed by atoms with Crippen LogP contribution in [0.5, 0.6) is 0 Å². The Balaban J connectivity index is 2.25. The van der Waals surface area contributed by atoms with Gasteiger partial charge in [-0.25, -0.2) is 13.4 Å². The van der Waals surface area contributed by atoms with Crippen LogP contribution in [0.2, 0.25) is 0 Å². The van der Waals surface area contributed by atoms with Crippen LogP contribution in [0, 0.1) is 18.6 Å². The van der Waals surface area contributed by atoms with Gasteiger partial charge in [-0.15, -0.1) is 0 Å². The van der Waals surface area contributed by atoms with E-state index in [0.717, 1.165) is 6.07 Å². The van der Waals surface area contributed by atoms with Crippen molar-refractivity contribution >= 4 is 5.91 Å². The first kappa shape index (κ1) is 14.1. The SMILES string of the molecule is CCN(Cc1nonc1C)C(=O)c1cccc(F)c1F. The number of benzene rings is 1. The van der Waals surface area contributed by atoms with Crippen LogP contribution in [0.3, 0.4) is 0 Å². The lowest BCUT2D eigenvalue weighted by Gasteiger charge is -2.20. The summed E-state index contributed by atoms with van der Waals surface area (Å²) in [4.78, 5) is 13.6. The topological polar surface area (TPSA) is 59.2 Å². The molecular formula is C13H13F2N3O2. The van der Waals surface area contributed by atoms with E-state index in [1.54, 1.807) is 13.8 Å². The Kier molecular flexibility index (Phi) is 4.07. The molecule has 0 bridgehead atoms. The summed E-state index contributed by atoms with van der Waals surface area (Å²) in [6.45, 7) is 3.87. The number of rotatable bonds is 4. The number of halogens is 2. The number of aromatic nitrogens is 2. The van der Waals surface area contributed by atoms with Crippen molar-refractivity contribution in [3.8, 4) is 0 Å². The molecule has 106 valence electrons. The number of carbonyl (C=O) groups excluding carboxylic acids is 1. The van der Waals surface area contributed by atoms with Crippen LogP contribution >= 0.6 is 0 Å². The molecule has 5 nitrogen and oxygen atoms in total. The highest BCUT2D eigenvalue weighted by atomic mass is 19.2. The Morgan fingerprint density at radius 3 is 2.70 bits per heavy atom. The first-order valence-electron chi connectivity index (χ1n) is 6.06. The minimum atomic E-state index is -1.15. The lowest BCUT2D eigenvalue weighted by atomic mass is 10.1.